The lowest BCUT2D eigenvalue weighted by Crippen LogP contribution is -2.28. The molecule has 1 atom stereocenters. The summed E-state index contributed by atoms with van der Waals surface area (Å²) in [6, 6.07) is 17.1. The van der Waals surface area contributed by atoms with Crippen molar-refractivity contribution < 1.29 is 13.6 Å². The van der Waals surface area contributed by atoms with Gasteiger partial charge in [-0.3, -0.25) is 4.79 Å². The molecule has 1 amide bonds. The van der Waals surface area contributed by atoms with Crippen LogP contribution in [0.3, 0.4) is 0 Å². The Labute approximate surface area is 188 Å². The molecular formula is C23H21N5O3S. The van der Waals surface area contributed by atoms with Crippen LogP contribution in [0.4, 0.5) is 0 Å². The van der Waals surface area contributed by atoms with Gasteiger partial charge in [0.1, 0.15) is 29.1 Å². The van der Waals surface area contributed by atoms with Gasteiger partial charge in [-0.05, 0) is 36.8 Å². The van der Waals surface area contributed by atoms with Crippen molar-refractivity contribution in [2.45, 2.75) is 31.1 Å². The molecule has 8 nitrogen and oxygen atoms in total. The van der Waals surface area contributed by atoms with Crippen LogP contribution in [0.5, 0.6) is 0 Å². The zero-order valence-corrected chi connectivity index (χ0v) is 18.2. The highest BCUT2D eigenvalue weighted by molar-refractivity contribution is 7.99. The zero-order chi connectivity index (χ0) is 21.9. The average molecular weight is 448 g/mol. The first-order chi connectivity index (χ1) is 15.7. The van der Waals surface area contributed by atoms with E-state index in [1.54, 1.807) is 12.5 Å². The van der Waals surface area contributed by atoms with Gasteiger partial charge in [-0.1, -0.05) is 42.1 Å². The summed E-state index contributed by atoms with van der Waals surface area (Å²) in [5.41, 5.74) is 1.87. The van der Waals surface area contributed by atoms with E-state index in [1.807, 2.05) is 54.0 Å². The maximum Gasteiger partial charge on any atom is 0.253 e. The molecule has 0 saturated carbocycles. The molecule has 9 heteroatoms. The van der Waals surface area contributed by atoms with Gasteiger partial charge in [-0.2, -0.15) is 5.10 Å². The van der Waals surface area contributed by atoms with Gasteiger partial charge in [-0.25, -0.2) is 5.01 Å². The lowest BCUT2D eigenvalue weighted by atomic mass is 10.1. The molecule has 0 saturated heterocycles. The molecule has 1 unspecified atom stereocenters. The third-order valence-electron chi connectivity index (χ3n) is 5.25. The topological polar surface area (TPSA) is 89.7 Å². The van der Waals surface area contributed by atoms with Gasteiger partial charge in [-0.15, -0.1) is 10.2 Å². The highest BCUT2D eigenvalue weighted by Gasteiger charge is 2.35. The number of hydrazone groups is 1. The molecule has 32 heavy (non-hydrogen) atoms. The van der Waals surface area contributed by atoms with Crippen molar-refractivity contribution in [3.63, 3.8) is 0 Å². The summed E-state index contributed by atoms with van der Waals surface area (Å²) in [6.07, 6.45) is 3.73. The van der Waals surface area contributed by atoms with E-state index in [0.717, 1.165) is 17.1 Å². The summed E-state index contributed by atoms with van der Waals surface area (Å²) in [4.78, 5) is 13.2. The fourth-order valence-corrected chi connectivity index (χ4v) is 4.48. The Morgan fingerprint density at radius 3 is 2.62 bits per heavy atom. The highest BCUT2D eigenvalue weighted by atomic mass is 32.2. The largest absolute Gasteiger partial charge is 0.467 e. The Morgan fingerprint density at radius 1 is 1.06 bits per heavy atom. The molecule has 1 aromatic carbocycles. The number of thioether (sulfide) groups is 1. The number of benzene rings is 1. The van der Waals surface area contributed by atoms with E-state index in [9.17, 15) is 4.79 Å². The van der Waals surface area contributed by atoms with E-state index in [4.69, 9.17) is 8.83 Å². The molecule has 0 spiro atoms. The second kappa shape index (κ2) is 8.88. The number of carbonyl (C=O) groups is 1. The summed E-state index contributed by atoms with van der Waals surface area (Å²) in [6.45, 7) is 2.56. The number of furan rings is 2. The van der Waals surface area contributed by atoms with E-state index in [1.165, 1.54) is 16.8 Å². The van der Waals surface area contributed by atoms with Crippen molar-refractivity contribution in [2.75, 3.05) is 5.75 Å². The molecule has 0 bridgehead atoms. The fraction of sp³-hybridized carbons (Fsp3) is 0.217. The van der Waals surface area contributed by atoms with Crippen molar-refractivity contribution in [3.05, 3.63) is 90.0 Å². The second-order valence-corrected chi connectivity index (χ2v) is 8.33. The minimum absolute atomic E-state index is 0.134. The van der Waals surface area contributed by atoms with E-state index in [0.29, 0.717) is 29.6 Å². The van der Waals surface area contributed by atoms with Gasteiger partial charge in [0.2, 0.25) is 0 Å². The number of aryl methyl sites for hydroxylation is 1. The summed E-state index contributed by atoms with van der Waals surface area (Å²) in [5.74, 6) is 2.19. The van der Waals surface area contributed by atoms with Gasteiger partial charge in [0.05, 0.1) is 24.8 Å². The maximum atomic E-state index is 13.2. The molecular weight excluding hydrogens is 426 g/mol. The SMILES string of the molecule is Cc1nnc(SCC(=O)N2N=C(c3ccco3)CC2c2ccco2)n1Cc1ccccc1. The monoisotopic (exact) mass is 447 g/mol. The van der Waals surface area contributed by atoms with Crippen LogP contribution in [0.15, 0.2) is 86.2 Å². The van der Waals surface area contributed by atoms with E-state index >= 15 is 0 Å². The minimum atomic E-state index is -0.304. The normalized spacial score (nSPS) is 15.8. The number of amides is 1. The van der Waals surface area contributed by atoms with Crippen molar-refractivity contribution in [1.82, 2.24) is 19.8 Å². The van der Waals surface area contributed by atoms with Crippen LogP contribution in [0, 0.1) is 6.92 Å². The number of aromatic nitrogens is 3. The van der Waals surface area contributed by atoms with Gasteiger partial charge >= 0.3 is 0 Å². The lowest BCUT2D eigenvalue weighted by molar-refractivity contribution is -0.130. The predicted molar refractivity (Wildman–Crippen MR) is 119 cm³/mol. The highest BCUT2D eigenvalue weighted by Crippen LogP contribution is 2.34. The van der Waals surface area contributed by atoms with Crippen LogP contribution in [0.2, 0.25) is 0 Å². The number of hydrogen-bond acceptors (Lipinski definition) is 7. The molecule has 0 radical (unpaired) electrons. The number of nitrogens with zero attached hydrogens (tertiary/aromatic N) is 5. The van der Waals surface area contributed by atoms with Crippen LogP contribution in [0.25, 0.3) is 0 Å². The molecule has 5 rings (SSSR count). The Bertz CT molecular complexity index is 1220. The second-order valence-electron chi connectivity index (χ2n) is 7.39. The van der Waals surface area contributed by atoms with Gasteiger partial charge in [0.15, 0.2) is 5.16 Å². The van der Waals surface area contributed by atoms with Crippen LogP contribution in [-0.4, -0.2) is 37.1 Å². The Morgan fingerprint density at radius 2 is 1.88 bits per heavy atom. The molecule has 4 aromatic rings. The van der Waals surface area contributed by atoms with Gasteiger partial charge < -0.3 is 13.4 Å². The summed E-state index contributed by atoms with van der Waals surface area (Å²) >= 11 is 1.35. The molecule has 162 valence electrons. The van der Waals surface area contributed by atoms with Gasteiger partial charge in [0.25, 0.3) is 5.91 Å². The van der Waals surface area contributed by atoms with Crippen LogP contribution in [-0.2, 0) is 11.3 Å². The number of hydrogen-bond donors (Lipinski definition) is 0. The Balaban J connectivity index is 1.33. The minimum Gasteiger partial charge on any atom is -0.467 e. The van der Waals surface area contributed by atoms with Crippen LogP contribution >= 0.6 is 11.8 Å². The van der Waals surface area contributed by atoms with Gasteiger partial charge in [0, 0.05) is 6.42 Å². The zero-order valence-electron chi connectivity index (χ0n) is 17.4. The molecule has 3 aromatic heterocycles. The first-order valence-corrected chi connectivity index (χ1v) is 11.2. The standard InChI is InChI=1S/C23H21N5O3S/c1-16-24-25-23(27(16)14-17-7-3-2-4-8-17)32-15-22(29)28-19(21-10-6-12-31-21)13-18(26-28)20-9-5-11-30-20/h2-12,19H,13-15H2,1H3. The first-order valence-electron chi connectivity index (χ1n) is 10.2. The molecule has 0 fully saturated rings. The maximum absolute atomic E-state index is 13.2. The quantitative estimate of drug-likeness (QED) is 0.393. The molecule has 0 aliphatic carbocycles. The molecule has 1 aliphatic rings. The summed E-state index contributed by atoms with van der Waals surface area (Å²) in [7, 11) is 0. The Kier molecular flexibility index (Phi) is 5.64. The van der Waals surface area contributed by atoms with Crippen molar-refractivity contribution in [2.24, 2.45) is 5.10 Å². The molecule has 0 N–H and O–H groups in total. The molecule has 1 aliphatic heterocycles. The number of rotatable bonds is 7. The first kappa shape index (κ1) is 20.3. The predicted octanol–water partition coefficient (Wildman–Crippen LogP) is 4.29. The summed E-state index contributed by atoms with van der Waals surface area (Å²) in [5, 5.41) is 15.2. The Hall–Kier alpha value is -3.59. The average Bonchev–Trinajstić information content (AvgIpc) is 3.60. The van der Waals surface area contributed by atoms with E-state index in [-0.39, 0.29) is 17.7 Å². The van der Waals surface area contributed by atoms with Crippen molar-refractivity contribution in [1.29, 1.82) is 0 Å². The van der Waals surface area contributed by atoms with E-state index < -0.39 is 0 Å². The number of carbonyl (C=O) groups excluding carboxylic acids is 1. The third-order valence-corrected chi connectivity index (χ3v) is 6.20. The van der Waals surface area contributed by atoms with Crippen LogP contribution < -0.4 is 0 Å². The smallest absolute Gasteiger partial charge is 0.253 e. The van der Waals surface area contributed by atoms with Crippen LogP contribution in [0.1, 0.15) is 35.4 Å². The molecule has 4 heterocycles. The summed E-state index contributed by atoms with van der Waals surface area (Å²) < 4.78 is 13.1. The third kappa shape index (κ3) is 4.11. The van der Waals surface area contributed by atoms with E-state index in [2.05, 4.69) is 27.4 Å². The van der Waals surface area contributed by atoms with Crippen molar-refractivity contribution in [3.8, 4) is 0 Å². The lowest BCUT2D eigenvalue weighted by Gasteiger charge is -2.19. The fourth-order valence-electron chi connectivity index (χ4n) is 3.64. The van der Waals surface area contributed by atoms with Crippen molar-refractivity contribution >= 4 is 23.4 Å².